The number of fused-ring (bicyclic) bond motifs is 1. The van der Waals surface area contributed by atoms with Gasteiger partial charge in [0.05, 0.1) is 11.4 Å². The van der Waals surface area contributed by atoms with Gasteiger partial charge >= 0.3 is 0 Å². The molecule has 0 atom stereocenters. The number of carbonyl (C=O) groups is 1. The molecule has 2 aromatic heterocycles. The zero-order valence-corrected chi connectivity index (χ0v) is 14.1. The van der Waals surface area contributed by atoms with E-state index in [0.29, 0.717) is 0 Å². The summed E-state index contributed by atoms with van der Waals surface area (Å²) < 4.78 is 5.57. The molecule has 0 spiro atoms. The third kappa shape index (κ3) is 2.45. The molecule has 0 saturated carbocycles. The molecule has 1 aliphatic heterocycles. The lowest BCUT2D eigenvalue weighted by molar-refractivity contribution is -0.118. The van der Waals surface area contributed by atoms with Crippen LogP contribution >= 0.6 is 11.3 Å². The lowest BCUT2D eigenvalue weighted by Gasteiger charge is -2.23. The van der Waals surface area contributed by atoms with Crippen LogP contribution in [-0.4, -0.2) is 22.5 Å². The lowest BCUT2D eigenvalue weighted by Crippen LogP contribution is -2.26. The molecule has 0 radical (unpaired) electrons. The van der Waals surface area contributed by atoms with E-state index in [-0.39, 0.29) is 12.5 Å². The van der Waals surface area contributed by atoms with E-state index in [1.807, 2.05) is 37.6 Å². The number of pyridine rings is 1. The molecule has 3 heterocycles. The zero-order valence-electron chi connectivity index (χ0n) is 13.3. The Kier molecular flexibility index (Phi) is 3.54. The summed E-state index contributed by atoms with van der Waals surface area (Å²) in [5.74, 6) is 0.620. The summed E-state index contributed by atoms with van der Waals surface area (Å²) in [6.45, 7) is 4.02. The van der Waals surface area contributed by atoms with E-state index in [4.69, 9.17) is 9.72 Å². The van der Waals surface area contributed by atoms with Crippen molar-refractivity contribution in [2.75, 3.05) is 11.9 Å². The van der Waals surface area contributed by atoms with Gasteiger partial charge in [0.25, 0.3) is 5.91 Å². The molecule has 0 aliphatic carbocycles. The van der Waals surface area contributed by atoms with Gasteiger partial charge in [-0.1, -0.05) is 0 Å². The largest absolute Gasteiger partial charge is 0.481 e. The van der Waals surface area contributed by atoms with Crippen molar-refractivity contribution in [3.8, 4) is 27.6 Å². The lowest BCUT2D eigenvalue weighted by atomic mass is 9.99. The van der Waals surface area contributed by atoms with Gasteiger partial charge in [-0.2, -0.15) is 0 Å². The standard InChI is InChI=1S/C18H15N3O2S/c1-10-6-13(11(2)16-17(10)23-8-15(22)21-16)14-9-24-18(20-14)12-4-3-5-19-7-12/h3-7,9H,8H2,1-2H3,(H,21,22). The molecule has 0 unspecified atom stereocenters. The molecule has 0 fully saturated rings. The molecular formula is C18H15N3O2S. The fourth-order valence-corrected chi connectivity index (χ4v) is 3.64. The molecule has 120 valence electrons. The first kappa shape index (κ1) is 14.8. The first-order valence-corrected chi connectivity index (χ1v) is 8.44. The van der Waals surface area contributed by atoms with Crippen LogP contribution in [0.15, 0.2) is 36.0 Å². The number of nitrogens with one attached hydrogen (secondary N) is 1. The van der Waals surface area contributed by atoms with Crippen molar-refractivity contribution < 1.29 is 9.53 Å². The minimum atomic E-state index is -0.128. The number of aromatic nitrogens is 2. The van der Waals surface area contributed by atoms with E-state index in [9.17, 15) is 4.79 Å². The first-order valence-electron chi connectivity index (χ1n) is 7.56. The van der Waals surface area contributed by atoms with Crippen LogP contribution in [0.2, 0.25) is 0 Å². The Labute approximate surface area is 143 Å². The molecular weight excluding hydrogens is 322 g/mol. The van der Waals surface area contributed by atoms with Crippen molar-refractivity contribution in [2.24, 2.45) is 0 Å². The van der Waals surface area contributed by atoms with Crippen LogP contribution in [-0.2, 0) is 4.79 Å². The quantitative estimate of drug-likeness (QED) is 0.772. The molecule has 5 nitrogen and oxygen atoms in total. The van der Waals surface area contributed by atoms with Crippen LogP contribution in [0.25, 0.3) is 21.8 Å². The summed E-state index contributed by atoms with van der Waals surface area (Å²) in [7, 11) is 0. The Hall–Kier alpha value is -2.73. The Morgan fingerprint density at radius 3 is 3.00 bits per heavy atom. The fraction of sp³-hybridized carbons (Fsp3) is 0.167. The maximum atomic E-state index is 11.7. The van der Waals surface area contributed by atoms with Gasteiger partial charge < -0.3 is 10.1 Å². The highest BCUT2D eigenvalue weighted by Crippen LogP contribution is 2.41. The fourth-order valence-electron chi connectivity index (χ4n) is 2.83. The minimum absolute atomic E-state index is 0.0640. The maximum Gasteiger partial charge on any atom is 0.262 e. The van der Waals surface area contributed by atoms with E-state index in [2.05, 4.69) is 16.4 Å². The van der Waals surface area contributed by atoms with E-state index >= 15 is 0 Å². The van der Waals surface area contributed by atoms with Gasteiger partial charge in [-0.15, -0.1) is 11.3 Å². The number of amides is 1. The average molecular weight is 337 g/mol. The molecule has 0 bridgehead atoms. The van der Waals surface area contributed by atoms with Crippen molar-refractivity contribution in [2.45, 2.75) is 13.8 Å². The van der Waals surface area contributed by atoms with Gasteiger partial charge in [-0.25, -0.2) is 4.98 Å². The molecule has 0 saturated heterocycles. The first-order chi connectivity index (χ1) is 11.6. The molecule has 1 aliphatic rings. The van der Waals surface area contributed by atoms with Crippen molar-refractivity contribution >= 4 is 22.9 Å². The molecule has 4 rings (SSSR count). The van der Waals surface area contributed by atoms with Crippen LogP contribution in [0, 0.1) is 13.8 Å². The van der Waals surface area contributed by atoms with Crippen molar-refractivity contribution in [3.63, 3.8) is 0 Å². The average Bonchev–Trinajstić information content (AvgIpc) is 3.08. The summed E-state index contributed by atoms with van der Waals surface area (Å²) in [5.41, 5.74) is 5.59. The molecule has 6 heteroatoms. The number of ether oxygens (including phenoxy) is 1. The predicted octanol–water partition coefficient (Wildman–Crippen LogP) is 3.82. The molecule has 24 heavy (non-hydrogen) atoms. The number of nitrogens with zero attached hydrogens (tertiary/aromatic N) is 2. The van der Waals surface area contributed by atoms with Crippen LogP contribution in [0.1, 0.15) is 11.1 Å². The van der Waals surface area contributed by atoms with Crippen molar-refractivity contribution in [1.82, 2.24) is 9.97 Å². The van der Waals surface area contributed by atoms with Crippen LogP contribution < -0.4 is 10.1 Å². The van der Waals surface area contributed by atoms with E-state index in [1.54, 1.807) is 17.5 Å². The number of anilines is 1. The summed E-state index contributed by atoms with van der Waals surface area (Å²) in [5, 5.41) is 5.87. The molecule has 1 N–H and O–H groups in total. The third-order valence-corrected chi connectivity index (χ3v) is 4.92. The summed E-state index contributed by atoms with van der Waals surface area (Å²) in [6.07, 6.45) is 3.55. The van der Waals surface area contributed by atoms with Crippen molar-refractivity contribution in [1.29, 1.82) is 0 Å². The zero-order chi connectivity index (χ0) is 16.7. The van der Waals surface area contributed by atoms with E-state index < -0.39 is 0 Å². The van der Waals surface area contributed by atoms with Crippen LogP contribution in [0.5, 0.6) is 5.75 Å². The second-order valence-electron chi connectivity index (χ2n) is 5.69. The Balaban J connectivity index is 1.81. The van der Waals surface area contributed by atoms with Gasteiger partial charge in [0.1, 0.15) is 10.8 Å². The predicted molar refractivity (Wildman–Crippen MR) is 94.4 cm³/mol. The second-order valence-corrected chi connectivity index (χ2v) is 6.54. The monoisotopic (exact) mass is 337 g/mol. The number of benzene rings is 1. The minimum Gasteiger partial charge on any atom is -0.481 e. The number of aryl methyl sites for hydroxylation is 1. The van der Waals surface area contributed by atoms with Crippen LogP contribution in [0.3, 0.4) is 0 Å². The van der Waals surface area contributed by atoms with E-state index in [0.717, 1.165) is 44.4 Å². The number of rotatable bonds is 2. The number of hydrogen-bond donors (Lipinski definition) is 1. The smallest absolute Gasteiger partial charge is 0.262 e. The second kappa shape index (κ2) is 5.72. The van der Waals surface area contributed by atoms with Gasteiger partial charge in [-0.05, 0) is 43.2 Å². The molecule has 3 aromatic rings. The summed E-state index contributed by atoms with van der Waals surface area (Å²) >= 11 is 1.58. The van der Waals surface area contributed by atoms with Crippen LogP contribution in [0.4, 0.5) is 5.69 Å². The highest BCUT2D eigenvalue weighted by atomic mass is 32.1. The Morgan fingerprint density at radius 2 is 2.21 bits per heavy atom. The van der Waals surface area contributed by atoms with Gasteiger partial charge in [0.15, 0.2) is 6.61 Å². The maximum absolute atomic E-state index is 11.7. The Bertz CT molecular complexity index is 935. The Morgan fingerprint density at radius 1 is 1.33 bits per heavy atom. The highest BCUT2D eigenvalue weighted by molar-refractivity contribution is 7.13. The number of thiazole rings is 1. The summed E-state index contributed by atoms with van der Waals surface area (Å²) in [4.78, 5) is 20.6. The van der Waals surface area contributed by atoms with Gasteiger partial charge in [0, 0.05) is 28.9 Å². The van der Waals surface area contributed by atoms with E-state index in [1.165, 1.54) is 0 Å². The molecule has 1 amide bonds. The van der Waals surface area contributed by atoms with Gasteiger partial charge in [-0.3, -0.25) is 9.78 Å². The number of carbonyl (C=O) groups excluding carboxylic acids is 1. The highest BCUT2D eigenvalue weighted by Gasteiger charge is 2.23. The summed E-state index contributed by atoms with van der Waals surface area (Å²) in [6, 6.07) is 5.96. The van der Waals surface area contributed by atoms with Crippen molar-refractivity contribution in [3.05, 3.63) is 47.1 Å². The number of hydrogen-bond acceptors (Lipinski definition) is 5. The molecule has 1 aromatic carbocycles. The van der Waals surface area contributed by atoms with Gasteiger partial charge in [0.2, 0.25) is 0 Å². The third-order valence-electron chi connectivity index (χ3n) is 4.03. The topological polar surface area (TPSA) is 64.1 Å². The SMILES string of the molecule is Cc1cc(-c2csc(-c3cccnc3)n2)c(C)c2c1OCC(=O)N2. The normalized spacial score (nSPS) is 13.2.